The van der Waals surface area contributed by atoms with Crippen molar-refractivity contribution in [2.75, 3.05) is 26.2 Å². The number of benzene rings is 1. The van der Waals surface area contributed by atoms with E-state index in [4.69, 9.17) is 0 Å². The zero-order valence-electron chi connectivity index (χ0n) is 15.8. The topological polar surface area (TPSA) is 98.1 Å². The smallest absolute Gasteiger partial charge is 0.325 e. The van der Waals surface area contributed by atoms with Gasteiger partial charge in [0.15, 0.2) is 0 Å². The molecule has 2 fully saturated rings. The number of amides is 1. The number of hydrogen-bond acceptors (Lipinski definition) is 4. The number of aryl methyl sites for hydroxylation is 1. The molecule has 2 aliphatic heterocycles. The number of H-pyrrole nitrogens is 2. The minimum Gasteiger partial charge on any atom is -0.338 e. The van der Waals surface area contributed by atoms with E-state index >= 15 is 0 Å². The first kappa shape index (κ1) is 20.4. The number of halogens is 1. The van der Waals surface area contributed by atoms with Gasteiger partial charge in [0, 0.05) is 36.3 Å². The lowest BCUT2D eigenvalue weighted by Gasteiger charge is -2.40. The Hall–Kier alpha value is -2.38. The number of piperidine rings is 1. The number of nitrogens with one attached hydrogen (secondary N) is 3. The predicted octanol–water partition coefficient (Wildman–Crippen LogP) is 1.68. The van der Waals surface area contributed by atoms with E-state index in [1.54, 1.807) is 31.2 Å². The van der Waals surface area contributed by atoms with Gasteiger partial charge in [0.1, 0.15) is 0 Å². The summed E-state index contributed by atoms with van der Waals surface area (Å²) in [5, 5.41) is 3.42. The van der Waals surface area contributed by atoms with Gasteiger partial charge in [-0.2, -0.15) is 0 Å². The van der Waals surface area contributed by atoms with Crippen LogP contribution in [0.4, 0.5) is 0 Å². The minimum absolute atomic E-state index is 0. The number of carbonyl (C=O) groups is 1. The Balaban J connectivity index is 0.00000225. The molecule has 1 aromatic heterocycles. The van der Waals surface area contributed by atoms with Crippen molar-refractivity contribution in [2.45, 2.75) is 26.2 Å². The molecule has 0 saturated carbocycles. The lowest BCUT2D eigenvalue weighted by atomic mass is 9.79. The molecule has 3 heterocycles. The van der Waals surface area contributed by atoms with Crippen LogP contribution in [-0.2, 0) is 0 Å². The van der Waals surface area contributed by atoms with Crippen molar-refractivity contribution in [3.63, 3.8) is 0 Å². The molecule has 2 saturated heterocycles. The van der Waals surface area contributed by atoms with Crippen LogP contribution in [0.2, 0.25) is 0 Å². The Morgan fingerprint density at radius 3 is 2.71 bits per heavy atom. The lowest BCUT2D eigenvalue weighted by Crippen LogP contribution is -2.47. The quantitative estimate of drug-likeness (QED) is 0.709. The maximum atomic E-state index is 13.1. The van der Waals surface area contributed by atoms with Gasteiger partial charge in [0.05, 0.1) is 5.56 Å². The molecule has 2 aliphatic rings. The fourth-order valence-electron chi connectivity index (χ4n) is 4.46. The molecular formula is C20H25ClN4O3. The van der Waals surface area contributed by atoms with Crippen molar-refractivity contribution in [3.05, 3.63) is 56.4 Å². The summed E-state index contributed by atoms with van der Waals surface area (Å²) < 4.78 is 0. The van der Waals surface area contributed by atoms with E-state index < -0.39 is 11.2 Å². The molecule has 0 aliphatic carbocycles. The maximum absolute atomic E-state index is 13.1. The van der Waals surface area contributed by atoms with Gasteiger partial charge in [-0.1, -0.05) is 12.1 Å². The maximum Gasteiger partial charge on any atom is 0.325 e. The molecule has 0 radical (unpaired) electrons. The molecule has 2 aromatic rings. The Bertz CT molecular complexity index is 991. The van der Waals surface area contributed by atoms with Crippen LogP contribution in [0.15, 0.2) is 33.9 Å². The number of hydrogen-bond donors (Lipinski definition) is 3. The molecule has 8 heteroatoms. The summed E-state index contributed by atoms with van der Waals surface area (Å²) in [6.07, 6.45) is 3.30. The fraction of sp³-hybridized carbons (Fsp3) is 0.450. The average molecular weight is 405 g/mol. The van der Waals surface area contributed by atoms with E-state index in [2.05, 4.69) is 15.3 Å². The van der Waals surface area contributed by atoms with Crippen LogP contribution >= 0.6 is 12.4 Å². The van der Waals surface area contributed by atoms with E-state index in [0.717, 1.165) is 45.4 Å². The van der Waals surface area contributed by atoms with Gasteiger partial charge in [-0.15, -0.1) is 12.4 Å². The molecule has 3 N–H and O–H groups in total. The average Bonchev–Trinajstić information content (AvgIpc) is 3.08. The predicted molar refractivity (Wildman–Crippen MR) is 110 cm³/mol. The van der Waals surface area contributed by atoms with E-state index in [9.17, 15) is 14.4 Å². The van der Waals surface area contributed by atoms with Crippen LogP contribution in [0.3, 0.4) is 0 Å². The van der Waals surface area contributed by atoms with Gasteiger partial charge in [-0.25, -0.2) is 4.79 Å². The third kappa shape index (κ3) is 3.77. The van der Waals surface area contributed by atoms with E-state index in [1.165, 1.54) is 0 Å². The van der Waals surface area contributed by atoms with Gasteiger partial charge < -0.3 is 15.2 Å². The number of carbonyl (C=O) groups excluding carboxylic acids is 1. The van der Waals surface area contributed by atoms with Crippen LogP contribution in [0.5, 0.6) is 0 Å². The second-order valence-corrected chi connectivity index (χ2v) is 7.75. The zero-order chi connectivity index (χ0) is 19.0. The summed E-state index contributed by atoms with van der Waals surface area (Å²) >= 11 is 0. The summed E-state index contributed by atoms with van der Waals surface area (Å²) in [7, 11) is 0. The molecule has 4 rings (SSSR count). The van der Waals surface area contributed by atoms with Crippen LogP contribution in [0, 0.1) is 12.3 Å². The molecule has 0 bridgehead atoms. The minimum atomic E-state index is -0.530. The summed E-state index contributed by atoms with van der Waals surface area (Å²) in [6, 6.07) is 7.09. The first-order chi connectivity index (χ1) is 13.0. The highest BCUT2D eigenvalue weighted by atomic mass is 35.5. The van der Waals surface area contributed by atoms with Crippen molar-refractivity contribution in [1.29, 1.82) is 0 Å². The zero-order valence-corrected chi connectivity index (χ0v) is 16.7. The molecular weight excluding hydrogens is 380 g/mol. The molecule has 1 unspecified atom stereocenters. The number of aromatic nitrogens is 2. The Kier molecular flexibility index (Phi) is 5.76. The number of aromatic amines is 2. The van der Waals surface area contributed by atoms with Crippen molar-refractivity contribution >= 4 is 18.3 Å². The molecule has 1 amide bonds. The molecule has 28 heavy (non-hydrogen) atoms. The second kappa shape index (κ2) is 7.93. The molecule has 150 valence electrons. The van der Waals surface area contributed by atoms with Crippen LogP contribution < -0.4 is 16.6 Å². The molecule has 1 spiro atoms. The van der Waals surface area contributed by atoms with Gasteiger partial charge in [-0.3, -0.25) is 14.6 Å². The number of rotatable bonds is 2. The first-order valence-electron chi connectivity index (χ1n) is 9.41. The van der Waals surface area contributed by atoms with Crippen molar-refractivity contribution in [3.8, 4) is 11.1 Å². The highest BCUT2D eigenvalue weighted by molar-refractivity contribution is 5.95. The monoisotopic (exact) mass is 404 g/mol. The Morgan fingerprint density at radius 1 is 1.18 bits per heavy atom. The first-order valence-corrected chi connectivity index (χ1v) is 9.41. The molecule has 1 atom stereocenters. The number of likely N-dealkylation sites (tertiary alicyclic amines) is 1. The third-order valence-corrected chi connectivity index (χ3v) is 5.81. The van der Waals surface area contributed by atoms with E-state index in [1.807, 2.05) is 4.90 Å². The van der Waals surface area contributed by atoms with Gasteiger partial charge >= 0.3 is 5.69 Å². The largest absolute Gasteiger partial charge is 0.338 e. The fourth-order valence-corrected chi connectivity index (χ4v) is 4.46. The van der Waals surface area contributed by atoms with Crippen LogP contribution in [0.25, 0.3) is 11.1 Å². The Morgan fingerprint density at radius 2 is 2.00 bits per heavy atom. The highest BCUT2D eigenvalue weighted by Gasteiger charge is 2.39. The second-order valence-electron chi connectivity index (χ2n) is 7.75. The standard InChI is InChI=1S/C20H24N4O3.ClH/c1-13-16(17(25)23-19(27)22-13)14-4-2-5-15(10-14)18(26)24-9-3-6-20(12-24)7-8-21-11-20;/h2,4-5,10,21H,3,6-9,11-12H2,1H3,(H2,22,23,25,27);1H. The van der Waals surface area contributed by atoms with Crippen molar-refractivity contribution < 1.29 is 4.79 Å². The van der Waals surface area contributed by atoms with Crippen molar-refractivity contribution in [1.82, 2.24) is 20.2 Å². The summed E-state index contributed by atoms with van der Waals surface area (Å²) in [6.45, 7) is 5.22. The van der Waals surface area contributed by atoms with E-state index in [0.29, 0.717) is 22.4 Å². The highest BCUT2D eigenvalue weighted by Crippen LogP contribution is 2.36. The normalized spacial score (nSPS) is 21.5. The summed E-state index contributed by atoms with van der Waals surface area (Å²) in [5.74, 6) is 0.00123. The third-order valence-electron chi connectivity index (χ3n) is 5.81. The summed E-state index contributed by atoms with van der Waals surface area (Å²) in [5.41, 5.74) is 1.30. The van der Waals surface area contributed by atoms with Crippen LogP contribution in [0.1, 0.15) is 35.3 Å². The van der Waals surface area contributed by atoms with Gasteiger partial charge in [-0.05, 0) is 50.4 Å². The summed E-state index contributed by atoms with van der Waals surface area (Å²) in [4.78, 5) is 43.6. The van der Waals surface area contributed by atoms with Gasteiger partial charge in [0.25, 0.3) is 11.5 Å². The number of nitrogens with zero attached hydrogens (tertiary/aromatic N) is 1. The van der Waals surface area contributed by atoms with E-state index in [-0.39, 0.29) is 23.7 Å². The lowest BCUT2D eigenvalue weighted by molar-refractivity contribution is 0.0553. The molecule has 1 aromatic carbocycles. The molecule has 7 nitrogen and oxygen atoms in total. The SMILES string of the molecule is Cc1[nH]c(=O)[nH]c(=O)c1-c1cccc(C(=O)N2CCCC3(CCNC3)C2)c1.Cl. The van der Waals surface area contributed by atoms with Gasteiger partial charge in [0.2, 0.25) is 0 Å². The van der Waals surface area contributed by atoms with Crippen molar-refractivity contribution in [2.24, 2.45) is 5.41 Å². The Labute approximate surface area is 169 Å². The van der Waals surface area contributed by atoms with Crippen LogP contribution in [-0.4, -0.2) is 47.0 Å².